The molecule has 0 aliphatic carbocycles. The van der Waals surface area contributed by atoms with Crippen LogP contribution in [0.1, 0.15) is 30.0 Å². The van der Waals surface area contributed by atoms with E-state index >= 15 is 0 Å². The number of aryl methyl sites for hydroxylation is 2. The van der Waals surface area contributed by atoms with Gasteiger partial charge >= 0.3 is 0 Å². The Labute approximate surface area is 195 Å². The fourth-order valence-electron chi connectivity index (χ4n) is 3.37. The van der Waals surface area contributed by atoms with E-state index in [4.69, 9.17) is 11.6 Å². The highest BCUT2D eigenvalue weighted by molar-refractivity contribution is 7.92. The number of sulfonamides is 1. The van der Waals surface area contributed by atoms with Crippen LogP contribution in [0.15, 0.2) is 42.5 Å². The van der Waals surface area contributed by atoms with Crippen molar-refractivity contribution >= 4 is 39.1 Å². The van der Waals surface area contributed by atoms with Gasteiger partial charge in [-0.05, 0) is 61.2 Å². The van der Waals surface area contributed by atoms with Crippen molar-refractivity contribution in [1.29, 1.82) is 0 Å². The number of likely N-dealkylation sites (N-methyl/N-ethyl adjacent to an activating group) is 1. The summed E-state index contributed by atoms with van der Waals surface area (Å²) in [5.74, 6) is -0.786. The Kier molecular flexibility index (Phi) is 8.69. The van der Waals surface area contributed by atoms with E-state index in [0.29, 0.717) is 17.1 Å². The number of nitrogens with one attached hydrogen (secondary N) is 1. The van der Waals surface area contributed by atoms with Gasteiger partial charge in [-0.3, -0.25) is 13.9 Å². The van der Waals surface area contributed by atoms with Gasteiger partial charge in [0.05, 0.1) is 11.9 Å². The number of carbonyl (C=O) groups is 2. The number of anilines is 1. The molecule has 1 atom stereocenters. The smallest absolute Gasteiger partial charge is 0.244 e. The molecule has 0 saturated carbocycles. The Morgan fingerprint density at radius 2 is 1.69 bits per heavy atom. The molecule has 0 aliphatic heterocycles. The summed E-state index contributed by atoms with van der Waals surface area (Å²) in [5, 5.41) is 3.15. The molecule has 0 fully saturated rings. The van der Waals surface area contributed by atoms with Crippen LogP contribution in [0.5, 0.6) is 0 Å². The SMILES string of the molecule is CCC(C(=O)NC)N(Cc1ccc(Cl)cc1)C(=O)CN(c1ccc(C)c(C)c1)S(C)(=O)=O. The largest absolute Gasteiger partial charge is 0.357 e. The molecule has 0 radical (unpaired) electrons. The zero-order valence-electron chi connectivity index (χ0n) is 19.1. The molecule has 2 aromatic carbocycles. The third-order valence-electron chi connectivity index (χ3n) is 5.36. The van der Waals surface area contributed by atoms with Gasteiger partial charge in [-0.15, -0.1) is 0 Å². The molecule has 1 unspecified atom stereocenters. The molecule has 0 heterocycles. The van der Waals surface area contributed by atoms with E-state index in [1.165, 1.54) is 11.9 Å². The fraction of sp³-hybridized carbons (Fsp3) is 0.391. The Hall–Kier alpha value is -2.58. The van der Waals surface area contributed by atoms with E-state index in [1.54, 1.807) is 43.3 Å². The molecule has 7 nitrogen and oxygen atoms in total. The van der Waals surface area contributed by atoms with Gasteiger partial charge in [-0.25, -0.2) is 8.42 Å². The number of rotatable bonds is 9. The van der Waals surface area contributed by atoms with Crippen molar-refractivity contribution in [3.63, 3.8) is 0 Å². The van der Waals surface area contributed by atoms with Gasteiger partial charge in [0.25, 0.3) is 0 Å². The average molecular weight is 480 g/mol. The summed E-state index contributed by atoms with van der Waals surface area (Å²) in [6, 6.07) is 11.5. The van der Waals surface area contributed by atoms with Crippen molar-refractivity contribution in [1.82, 2.24) is 10.2 Å². The van der Waals surface area contributed by atoms with Crippen molar-refractivity contribution in [3.05, 3.63) is 64.2 Å². The molecule has 32 heavy (non-hydrogen) atoms. The number of carbonyl (C=O) groups excluding carboxylic acids is 2. The predicted molar refractivity (Wildman–Crippen MR) is 128 cm³/mol. The second-order valence-electron chi connectivity index (χ2n) is 7.72. The Bertz CT molecular complexity index is 1070. The Morgan fingerprint density at radius 3 is 2.19 bits per heavy atom. The summed E-state index contributed by atoms with van der Waals surface area (Å²) in [6.45, 7) is 5.35. The van der Waals surface area contributed by atoms with Gasteiger partial charge in [-0.1, -0.05) is 36.7 Å². The van der Waals surface area contributed by atoms with E-state index < -0.39 is 28.5 Å². The minimum atomic E-state index is -3.75. The van der Waals surface area contributed by atoms with E-state index in [0.717, 1.165) is 27.3 Å². The van der Waals surface area contributed by atoms with Crippen molar-refractivity contribution in [3.8, 4) is 0 Å². The molecule has 1 N–H and O–H groups in total. The molecular formula is C23H30ClN3O4S. The van der Waals surface area contributed by atoms with Gasteiger partial charge in [0, 0.05) is 18.6 Å². The third-order valence-corrected chi connectivity index (χ3v) is 6.75. The van der Waals surface area contributed by atoms with Crippen LogP contribution in [-0.4, -0.2) is 51.0 Å². The van der Waals surface area contributed by atoms with E-state index in [-0.39, 0.29) is 12.5 Å². The fourth-order valence-corrected chi connectivity index (χ4v) is 4.33. The number of benzene rings is 2. The number of halogens is 1. The van der Waals surface area contributed by atoms with Crippen molar-refractivity contribution < 1.29 is 18.0 Å². The summed E-state index contributed by atoms with van der Waals surface area (Å²) in [5.41, 5.74) is 3.12. The molecule has 9 heteroatoms. The van der Waals surface area contributed by atoms with E-state index in [9.17, 15) is 18.0 Å². The minimum Gasteiger partial charge on any atom is -0.357 e. The maximum atomic E-state index is 13.4. The maximum absolute atomic E-state index is 13.4. The lowest BCUT2D eigenvalue weighted by molar-refractivity contribution is -0.140. The highest BCUT2D eigenvalue weighted by atomic mass is 35.5. The molecular weight excluding hydrogens is 450 g/mol. The van der Waals surface area contributed by atoms with Crippen molar-refractivity contribution in [2.45, 2.75) is 39.8 Å². The monoisotopic (exact) mass is 479 g/mol. The lowest BCUT2D eigenvalue weighted by Crippen LogP contribution is -2.51. The van der Waals surface area contributed by atoms with Crippen LogP contribution in [0.2, 0.25) is 5.02 Å². The first-order valence-electron chi connectivity index (χ1n) is 10.3. The lowest BCUT2D eigenvalue weighted by Gasteiger charge is -2.32. The normalized spacial score (nSPS) is 12.2. The first-order valence-corrected chi connectivity index (χ1v) is 12.5. The summed E-state index contributed by atoms with van der Waals surface area (Å²) in [6.07, 6.45) is 1.44. The van der Waals surface area contributed by atoms with Crippen LogP contribution in [0.3, 0.4) is 0 Å². The second-order valence-corrected chi connectivity index (χ2v) is 10.1. The van der Waals surface area contributed by atoms with Crippen LogP contribution < -0.4 is 9.62 Å². The topological polar surface area (TPSA) is 86.8 Å². The third kappa shape index (κ3) is 6.46. The highest BCUT2D eigenvalue weighted by Gasteiger charge is 2.31. The zero-order chi connectivity index (χ0) is 24.1. The van der Waals surface area contributed by atoms with E-state index in [1.807, 2.05) is 19.9 Å². The molecule has 2 rings (SSSR count). The standard InChI is InChI=1S/C23H30ClN3O4S/c1-6-21(23(29)25-4)26(14-18-8-10-19(24)11-9-18)22(28)15-27(32(5,30)31)20-12-7-16(2)17(3)13-20/h7-13,21H,6,14-15H2,1-5H3,(H,25,29). The summed E-state index contributed by atoms with van der Waals surface area (Å²) in [7, 11) is -2.24. The van der Waals surface area contributed by atoms with Crippen LogP contribution >= 0.6 is 11.6 Å². The first-order chi connectivity index (χ1) is 15.0. The molecule has 2 aromatic rings. The first kappa shape index (κ1) is 25.7. The molecule has 0 aliphatic rings. The minimum absolute atomic E-state index is 0.145. The summed E-state index contributed by atoms with van der Waals surface area (Å²) >= 11 is 5.97. The maximum Gasteiger partial charge on any atom is 0.244 e. The molecule has 2 amide bonds. The number of hydrogen-bond acceptors (Lipinski definition) is 4. The van der Waals surface area contributed by atoms with Crippen LogP contribution in [0.25, 0.3) is 0 Å². The highest BCUT2D eigenvalue weighted by Crippen LogP contribution is 2.22. The lowest BCUT2D eigenvalue weighted by atomic mass is 10.1. The molecule has 174 valence electrons. The van der Waals surface area contributed by atoms with Crippen LogP contribution in [-0.2, 0) is 26.2 Å². The quantitative estimate of drug-likeness (QED) is 0.598. The van der Waals surface area contributed by atoms with Gasteiger partial charge in [-0.2, -0.15) is 0 Å². The molecule has 0 bridgehead atoms. The number of hydrogen-bond donors (Lipinski definition) is 1. The number of amides is 2. The average Bonchev–Trinajstić information content (AvgIpc) is 2.74. The van der Waals surface area contributed by atoms with Gasteiger partial charge in [0.1, 0.15) is 12.6 Å². The van der Waals surface area contributed by atoms with Crippen molar-refractivity contribution in [2.24, 2.45) is 0 Å². The van der Waals surface area contributed by atoms with Crippen LogP contribution in [0, 0.1) is 13.8 Å². The summed E-state index contributed by atoms with van der Waals surface area (Å²) in [4.78, 5) is 27.4. The Morgan fingerprint density at radius 1 is 1.06 bits per heavy atom. The van der Waals surface area contributed by atoms with Crippen molar-refractivity contribution in [2.75, 3.05) is 24.2 Å². The molecule has 0 aromatic heterocycles. The van der Waals surface area contributed by atoms with E-state index in [2.05, 4.69) is 5.32 Å². The Balaban J connectivity index is 2.43. The summed E-state index contributed by atoms with van der Waals surface area (Å²) < 4.78 is 26.2. The van der Waals surface area contributed by atoms with Gasteiger partial charge in [0.15, 0.2) is 0 Å². The van der Waals surface area contributed by atoms with Gasteiger partial charge in [0.2, 0.25) is 21.8 Å². The second kappa shape index (κ2) is 10.8. The van der Waals surface area contributed by atoms with Crippen LogP contribution in [0.4, 0.5) is 5.69 Å². The molecule has 0 spiro atoms. The van der Waals surface area contributed by atoms with Gasteiger partial charge < -0.3 is 10.2 Å². The predicted octanol–water partition coefficient (Wildman–Crippen LogP) is 3.28. The molecule has 0 saturated heterocycles. The zero-order valence-corrected chi connectivity index (χ0v) is 20.6. The number of nitrogens with zero attached hydrogens (tertiary/aromatic N) is 2.